The van der Waals surface area contributed by atoms with Crippen LogP contribution in [0.25, 0.3) is 0 Å². The van der Waals surface area contributed by atoms with Gasteiger partial charge in [0.1, 0.15) is 0 Å². The first-order chi connectivity index (χ1) is 9.69. The van der Waals surface area contributed by atoms with Crippen molar-refractivity contribution in [1.82, 2.24) is 0 Å². The third-order valence-electron chi connectivity index (χ3n) is 3.53. The van der Waals surface area contributed by atoms with Crippen molar-refractivity contribution in [3.8, 4) is 0 Å². The van der Waals surface area contributed by atoms with Crippen molar-refractivity contribution in [2.75, 3.05) is 5.32 Å². The molecule has 1 atom stereocenters. The van der Waals surface area contributed by atoms with E-state index in [1.165, 1.54) is 36.1 Å². The molecule has 2 rings (SSSR count). The minimum absolute atomic E-state index is 0.310. The highest BCUT2D eigenvalue weighted by atomic mass is 79.9. The molecule has 0 saturated heterocycles. The molecule has 0 aliphatic heterocycles. The van der Waals surface area contributed by atoms with E-state index in [1.54, 1.807) is 0 Å². The highest BCUT2D eigenvalue weighted by Crippen LogP contribution is 2.21. The maximum Gasteiger partial charge on any atom is 0.0485 e. The number of aryl methyl sites for hydroxylation is 1. The molecule has 0 radical (unpaired) electrons. The molecule has 0 bridgehead atoms. The molecule has 0 heterocycles. The minimum atomic E-state index is 0.310. The Hall–Kier alpha value is -1.28. The highest BCUT2D eigenvalue weighted by molar-refractivity contribution is 9.10. The largest absolute Gasteiger partial charge is 0.379 e. The molecule has 1 N–H and O–H groups in total. The van der Waals surface area contributed by atoms with Gasteiger partial charge in [-0.3, -0.25) is 0 Å². The Labute approximate surface area is 130 Å². The van der Waals surface area contributed by atoms with E-state index in [4.69, 9.17) is 0 Å². The van der Waals surface area contributed by atoms with Crippen LogP contribution in [0.15, 0.2) is 53.0 Å². The van der Waals surface area contributed by atoms with Gasteiger partial charge in [0.05, 0.1) is 0 Å². The van der Waals surface area contributed by atoms with E-state index in [9.17, 15) is 0 Å². The first-order valence-electron chi connectivity index (χ1n) is 7.30. The van der Waals surface area contributed by atoms with Gasteiger partial charge in [0.2, 0.25) is 0 Å². The normalized spacial score (nSPS) is 12.2. The van der Waals surface area contributed by atoms with Gasteiger partial charge in [-0.05, 0) is 55.2 Å². The average molecular weight is 332 g/mol. The van der Waals surface area contributed by atoms with E-state index < -0.39 is 0 Å². The van der Waals surface area contributed by atoms with Crippen LogP contribution in [0.1, 0.15) is 43.9 Å². The van der Waals surface area contributed by atoms with Gasteiger partial charge in [-0.2, -0.15) is 0 Å². The van der Waals surface area contributed by atoms with Crippen molar-refractivity contribution >= 4 is 21.6 Å². The maximum atomic E-state index is 3.55. The Bertz CT molecular complexity index is 516. The molecular formula is C18H22BrN. The summed E-state index contributed by atoms with van der Waals surface area (Å²) in [5.74, 6) is 0. The van der Waals surface area contributed by atoms with Crippen molar-refractivity contribution in [2.24, 2.45) is 0 Å². The number of benzene rings is 2. The van der Waals surface area contributed by atoms with Crippen LogP contribution in [0.4, 0.5) is 5.69 Å². The van der Waals surface area contributed by atoms with Crippen LogP contribution in [0, 0.1) is 0 Å². The molecule has 2 aromatic rings. The van der Waals surface area contributed by atoms with E-state index in [1.807, 2.05) is 0 Å². The number of anilines is 1. The van der Waals surface area contributed by atoms with E-state index >= 15 is 0 Å². The van der Waals surface area contributed by atoms with Gasteiger partial charge in [0, 0.05) is 16.2 Å². The SMILES string of the molecule is CCCCc1ccc(NC(C)c2ccc(Br)cc2)cc1. The van der Waals surface area contributed by atoms with Gasteiger partial charge in [-0.15, -0.1) is 0 Å². The first kappa shape index (κ1) is 15.1. The second-order valence-corrected chi connectivity index (χ2v) is 6.13. The second-order valence-electron chi connectivity index (χ2n) is 5.22. The summed E-state index contributed by atoms with van der Waals surface area (Å²) in [6, 6.07) is 17.6. The van der Waals surface area contributed by atoms with Gasteiger partial charge in [0.15, 0.2) is 0 Å². The highest BCUT2D eigenvalue weighted by Gasteiger charge is 2.05. The van der Waals surface area contributed by atoms with Gasteiger partial charge >= 0.3 is 0 Å². The van der Waals surface area contributed by atoms with Crippen molar-refractivity contribution in [1.29, 1.82) is 0 Å². The molecule has 1 unspecified atom stereocenters. The lowest BCUT2D eigenvalue weighted by atomic mass is 10.1. The maximum absolute atomic E-state index is 3.55. The Morgan fingerprint density at radius 2 is 1.65 bits per heavy atom. The van der Waals surface area contributed by atoms with Crippen LogP contribution in [0.2, 0.25) is 0 Å². The van der Waals surface area contributed by atoms with Crippen molar-refractivity contribution in [3.63, 3.8) is 0 Å². The average Bonchev–Trinajstić information content (AvgIpc) is 2.47. The van der Waals surface area contributed by atoms with Crippen LogP contribution < -0.4 is 5.32 Å². The summed E-state index contributed by atoms with van der Waals surface area (Å²) in [6.07, 6.45) is 3.70. The summed E-state index contributed by atoms with van der Waals surface area (Å²) >= 11 is 3.47. The quantitative estimate of drug-likeness (QED) is 0.688. The van der Waals surface area contributed by atoms with Gasteiger partial charge < -0.3 is 5.32 Å². The third kappa shape index (κ3) is 4.38. The fourth-order valence-electron chi connectivity index (χ4n) is 2.23. The van der Waals surface area contributed by atoms with Crippen molar-refractivity contribution in [3.05, 3.63) is 64.1 Å². The molecule has 0 saturated carbocycles. The molecule has 0 aliphatic rings. The Morgan fingerprint density at radius 1 is 1.00 bits per heavy atom. The van der Waals surface area contributed by atoms with E-state index in [0.717, 1.165) is 4.47 Å². The summed E-state index contributed by atoms with van der Waals surface area (Å²) < 4.78 is 1.12. The monoisotopic (exact) mass is 331 g/mol. The van der Waals surface area contributed by atoms with Crippen LogP contribution in [-0.4, -0.2) is 0 Å². The molecule has 0 aliphatic carbocycles. The molecule has 0 aromatic heterocycles. The second kappa shape index (κ2) is 7.49. The van der Waals surface area contributed by atoms with E-state index in [0.29, 0.717) is 6.04 Å². The van der Waals surface area contributed by atoms with Crippen molar-refractivity contribution in [2.45, 2.75) is 39.2 Å². The molecule has 2 heteroatoms. The molecule has 0 fully saturated rings. The fraction of sp³-hybridized carbons (Fsp3) is 0.333. The summed E-state index contributed by atoms with van der Waals surface area (Å²) in [7, 11) is 0. The summed E-state index contributed by atoms with van der Waals surface area (Å²) in [5.41, 5.74) is 3.90. The fourth-order valence-corrected chi connectivity index (χ4v) is 2.50. The van der Waals surface area contributed by atoms with Gasteiger partial charge in [0.25, 0.3) is 0 Å². The number of halogens is 1. The molecular weight excluding hydrogens is 310 g/mol. The molecule has 0 amide bonds. The summed E-state index contributed by atoms with van der Waals surface area (Å²) in [6.45, 7) is 4.42. The van der Waals surface area contributed by atoms with E-state index in [-0.39, 0.29) is 0 Å². The number of unbranched alkanes of at least 4 members (excludes halogenated alkanes) is 1. The smallest absolute Gasteiger partial charge is 0.0485 e. The molecule has 0 spiro atoms. The number of nitrogens with one attached hydrogen (secondary N) is 1. The van der Waals surface area contributed by atoms with Gasteiger partial charge in [-0.25, -0.2) is 0 Å². The number of hydrogen-bond donors (Lipinski definition) is 1. The lowest BCUT2D eigenvalue weighted by Crippen LogP contribution is -2.06. The zero-order valence-electron chi connectivity index (χ0n) is 12.2. The van der Waals surface area contributed by atoms with Crippen molar-refractivity contribution < 1.29 is 0 Å². The number of rotatable bonds is 6. The lowest BCUT2D eigenvalue weighted by molar-refractivity contribution is 0.795. The van der Waals surface area contributed by atoms with Crippen LogP contribution >= 0.6 is 15.9 Å². The van der Waals surface area contributed by atoms with E-state index in [2.05, 4.69) is 83.6 Å². The standard InChI is InChI=1S/C18H22BrN/c1-3-4-5-15-6-12-18(13-7-15)20-14(2)16-8-10-17(19)11-9-16/h6-14,20H,3-5H2,1-2H3. The predicted octanol–water partition coefficient (Wildman–Crippen LogP) is 5.96. The summed E-state index contributed by atoms with van der Waals surface area (Å²) in [5, 5.41) is 3.55. The molecule has 2 aromatic carbocycles. The summed E-state index contributed by atoms with van der Waals surface area (Å²) in [4.78, 5) is 0. The van der Waals surface area contributed by atoms with Crippen LogP contribution in [0.5, 0.6) is 0 Å². The zero-order chi connectivity index (χ0) is 14.4. The zero-order valence-corrected chi connectivity index (χ0v) is 13.8. The van der Waals surface area contributed by atoms with Crippen LogP contribution in [0.3, 0.4) is 0 Å². The molecule has 106 valence electrons. The van der Waals surface area contributed by atoms with Gasteiger partial charge in [-0.1, -0.05) is 53.5 Å². The van der Waals surface area contributed by atoms with Crippen LogP contribution in [-0.2, 0) is 6.42 Å². The molecule has 20 heavy (non-hydrogen) atoms. The minimum Gasteiger partial charge on any atom is -0.379 e. The Balaban J connectivity index is 1.97. The lowest BCUT2D eigenvalue weighted by Gasteiger charge is -2.16. The Kier molecular flexibility index (Phi) is 5.66. The first-order valence-corrected chi connectivity index (χ1v) is 8.09. The Morgan fingerprint density at radius 3 is 2.25 bits per heavy atom. The predicted molar refractivity (Wildman–Crippen MR) is 91.2 cm³/mol. The third-order valence-corrected chi connectivity index (χ3v) is 4.05. The topological polar surface area (TPSA) is 12.0 Å². The number of hydrogen-bond acceptors (Lipinski definition) is 1. The molecule has 1 nitrogen and oxygen atoms in total.